The first-order valence-corrected chi connectivity index (χ1v) is 4.27. The maximum absolute atomic E-state index is 5.58. The van der Waals surface area contributed by atoms with Crippen LogP contribution < -0.4 is 11.5 Å². The molecule has 1 saturated carbocycles. The van der Waals surface area contributed by atoms with Crippen molar-refractivity contribution in [2.75, 3.05) is 13.1 Å². The minimum Gasteiger partial charge on any atom is -0.330 e. The molecule has 0 saturated heterocycles. The van der Waals surface area contributed by atoms with E-state index in [9.17, 15) is 0 Å². The molecule has 2 heteroatoms. The molecule has 0 spiro atoms. The number of hydrogen-bond acceptors (Lipinski definition) is 2. The molecule has 10 heavy (non-hydrogen) atoms. The average Bonchev–Trinajstić information content (AvgIpc) is 2.05. The summed E-state index contributed by atoms with van der Waals surface area (Å²) in [6.45, 7) is 1.72. The third kappa shape index (κ3) is 1.96. The Bertz CT molecular complexity index is 83.3. The van der Waals surface area contributed by atoms with Crippen molar-refractivity contribution in [1.82, 2.24) is 0 Å². The zero-order valence-electron chi connectivity index (χ0n) is 6.55. The van der Waals surface area contributed by atoms with Crippen LogP contribution in [-0.2, 0) is 0 Å². The molecule has 4 N–H and O–H groups in total. The van der Waals surface area contributed by atoms with Gasteiger partial charge >= 0.3 is 0 Å². The minimum atomic E-state index is 0.766. The van der Waals surface area contributed by atoms with Gasteiger partial charge in [-0.25, -0.2) is 0 Å². The molecule has 2 atom stereocenters. The van der Waals surface area contributed by atoms with E-state index in [4.69, 9.17) is 11.5 Å². The lowest BCUT2D eigenvalue weighted by Crippen LogP contribution is -2.26. The minimum absolute atomic E-state index is 0.766. The van der Waals surface area contributed by atoms with Crippen molar-refractivity contribution < 1.29 is 0 Å². The second-order valence-electron chi connectivity index (χ2n) is 3.37. The largest absolute Gasteiger partial charge is 0.330 e. The zero-order valence-corrected chi connectivity index (χ0v) is 6.55. The SMILES string of the molecule is NCC1CCC[C@H](CN)C1. The van der Waals surface area contributed by atoms with Crippen LogP contribution in [0, 0.1) is 11.8 Å². The fourth-order valence-corrected chi connectivity index (χ4v) is 1.83. The number of hydrogen-bond donors (Lipinski definition) is 2. The van der Waals surface area contributed by atoms with Crippen LogP contribution in [0.4, 0.5) is 0 Å². The fourth-order valence-electron chi connectivity index (χ4n) is 1.83. The molecular weight excluding hydrogens is 124 g/mol. The third-order valence-corrected chi connectivity index (χ3v) is 2.56. The van der Waals surface area contributed by atoms with Crippen LogP contribution >= 0.6 is 0 Å². The van der Waals surface area contributed by atoms with E-state index in [2.05, 4.69) is 0 Å². The number of rotatable bonds is 2. The van der Waals surface area contributed by atoms with E-state index in [0.717, 1.165) is 24.9 Å². The second-order valence-corrected chi connectivity index (χ2v) is 3.37. The summed E-state index contributed by atoms with van der Waals surface area (Å²) in [7, 11) is 0. The molecule has 2 nitrogen and oxygen atoms in total. The van der Waals surface area contributed by atoms with Crippen LogP contribution in [0.5, 0.6) is 0 Å². The lowest BCUT2D eigenvalue weighted by Gasteiger charge is -2.26. The van der Waals surface area contributed by atoms with Gasteiger partial charge in [-0.15, -0.1) is 0 Å². The summed E-state index contributed by atoms with van der Waals surface area (Å²) in [5.74, 6) is 1.53. The van der Waals surface area contributed by atoms with E-state index in [-0.39, 0.29) is 0 Å². The highest BCUT2D eigenvalue weighted by Gasteiger charge is 2.19. The van der Waals surface area contributed by atoms with Crippen molar-refractivity contribution in [2.24, 2.45) is 23.3 Å². The Labute approximate surface area is 63.0 Å². The van der Waals surface area contributed by atoms with Crippen LogP contribution in [0.3, 0.4) is 0 Å². The van der Waals surface area contributed by atoms with Gasteiger partial charge in [0.05, 0.1) is 0 Å². The van der Waals surface area contributed by atoms with Crippen LogP contribution in [-0.4, -0.2) is 13.1 Å². The Balaban J connectivity index is 2.25. The van der Waals surface area contributed by atoms with Crippen molar-refractivity contribution in [2.45, 2.75) is 25.7 Å². The average molecular weight is 142 g/mol. The van der Waals surface area contributed by atoms with Gasteiger partial charge in [-0.05, 0) is 44.2 Å². The first-order valence-electron chi connectivity index (χ1n) is 4.27. The van der Waals surface area contributed by atoms with Crippen molar-refractivity contribution in [3.63, 3.8) is 0 Å². The standard InChI is InChI=1S/C8H18N2/c9-5-7-2-1-3-8(4-7)6-10/h7-8H,1-6,9-10H2/t7-,8?/m0/s1. The van der Waals surface area contributed by atoms with Gasteiger partial charge < -0.3 is 11.5 Å². The lowest BCUT2D eigenvalue weighted by atomic mass is 9.81. The molecule has 1 rings (SSSR count). The molecular formula is C8H18N2. The molecule has 0 aliphatic heterocycles. The summed E-state index contributed by atoms with van der Waals surface area (Å²) in [4.78, 5) is 0. The molecule has 0 aromatic rings. The Hall–Kier alpha value is -0.0800. The highest BCUT2D eigenvalue weighted by Crippen LogP contribution is 2.27. The van der Waals surface area contributed by atoms with E-state index in [1.807, 2.05) is 0 Å². The second kappa shape index (κ2) is 3.94. The number of nitrogens with two attached hydrogens (primary N) is 2. The smallest absolute Gasteiger partial charge is 0.00488 e. The maximum Gasteiger partial charge on any atom is -0.00488 e. The quantitative estimate of drug-likeness (QED) is 0.596. The van der Waals surface area contributed by atoms with Crippen LogP contribution in [0.2, 0.25) is 0 Å². The molecule has 0 radical (unpaired) electrons. The summed E-state index contributed by atoms with van der Waals surface area (Å²) < 4.78 is 0. The predicted octanol–water partition coefficient (Wildman–Crippen LogP) is 0.710. The van der Waals surface area contributed by atoms with Gasteiger partial charge in [-0.1, -0.05) is 6.42 Å². The molecule has 60 valence electrons. The first kappa shape index (κ1) is 8.02. The van der Waals surface area contributed by atoms with Crippen LogP contribution in [0.25, 0.3) is 0 Å². The van der Waals surface area contributed by atoms with E-state index >= 15 is 0 Å². The van der Waals surface area contributed by atoms with Crippen LogP contribution in [0.1, 0.15) is 25.7 Å². The molecule has 1 aliphatic rings. The maximum atomic E-state index is 5.58. The molecule has 1 aliphatic carbocycles. The molecule has 0 bridgehead atoms. The van der Waals surface area contributed by atoms with Crippen molar-refractivity contribution in [3.8, 4) is 0 Å². The Morgan fingerprint density at radius 2 is 1.50 bits per heavy atom. The molecule has 0 aromatic carbocycles. The van der Waals surface area contributed by atoms with Gasteiger partial charge in [-0.2, -0.15) is 0 Å². The predicted molar refractivity (Wildman–Crippen MR) is 43.6 cm³/mol. The van der Waals surface area contributed by atoms with Gasteiger partial charge in [-0.3, -0.25) is 0 Å². The van der Waals surface area contributed by atoms with E-state index in [1.165, 1.54) is 25.7 Å². The summed E-state index contributed by atoms with van der Waals surface area (Å²) in [6.07, 6.45) is 5.26. The highest BCUT2D eigenvalue weighted by molar-refractivity contribution is 4.73. The molecule has 0 aromatic heterocycles. The Morgan fingerprint density at radius 3 is 1.90 bits per heavy atom. The van der Waals surface area contributed by atoms with Gasteiger partial charge in [0.1, 0.15) is 0 Å². The van der Waals surface area contributed by atoms with Crippen molar-refractivity contribution in [1.29, 1.82) is 0 Å². The topological polar surface area (TPSA) is 52.0 Å². The summed E-state index contributed by atoms with van der Waals surface area (Å²) in [5.41, 5.74) is 11.2. The monoisotopic (exact) mass is 142 g/mol. The molecule has 0 amide bonds. The summed E-state index contributed by atoms with van der Waals surface area (Å²) >= 11 is 0. The fraction of sp³-hybridized carbons (Fsp3) is 1.00. The van der Waals surface area contributed by atoms with E-state index in [1.54, 1.807) is 0 Å². The Morgan fingerprint density at radius 1 is 1.00 bits per heavy atom. The van der Waals surface area contributed by atoms with Gasteiger partial charge in [0, 0.05) is 0 Å². The first-order chi connectivity index (χ1) is 4.86. The van der Waals surface area contributed by atoms with Crippen molar-refractivity contribution in [3.05, 3.63) is 0 Å². The summed E-state index contributed by atoms with van der Waals surface area (Å²) in [6, 6.07) is 0. The van der Waals surface area contributed by atoms with Gasteiger partial charge in [0.15, 0.2) is 0 Å². The molecule has 1 fully saturated rings. The third-order valence-electron chi connectivity index (χ3n) is 2.56. The highest BCUT2D eigenvalue weighted by atomic mass is 14.6. The lowest BCUT2D eigenvalue weighted by molar-refractivity contribution is 0.277. The summed E-state index contributed by atoms with van der Waals surface area (Å²) in [5, 5.41) is 0. The van der Waals surface area contributed by atoms with Gasteiger partial charge in [0.2, 0.25) is 0 Å². The van der Waals surface area contributed by atoms with Crippen LogP contribution in [0.15, 0.2) is 0 Å². The molecule has 0 heterocycles. The normalized spacial score (nSPS) is 34.2. The Kier molecular flexibility index (Phi) is 3.16. The van der Waals surface area contributed by atoms with Gasteiger partial charge in [0.25, 0.3) is 0 Å². The molecule has 1 unspecified atom stereocenters. The van der Waals surface area contributed by atoms with E-state index in [0.29, 0.717) is 0 Å². The van der Waals surface area contributed by atoms with E-state index < -0.39 is 0 Å². The van der Waals surface area contributed by atoms with Crippen molar-refractivity contribution >= 4 is 0 Å². The zero-order chi connectivity index (χ0) is 7.40.